The number of aliphatic carboxylic acids is 1. The van der Waals surface area contributed by atoms with Crippen LogP contribution in [0.2, 0.25) is 0 Å². The fourth-order valence-corrected chi connectivity index (χ4v) is 2.44. The molecule has 2 unspecified atom stereocenters. The van der Waals surface area contributed by atoms with Crippen molar-refractivity contribution in [3.63, 3.8) is 0 Å². The smallest absolute Gasteiger partial charge is 0.309 e. The van der Waals surface area contributed by atoms with Crippen LogP contribution in [0.5, 0.6) is 0 Å². The van der Waals surface area contributed by atoms with Gasteiger partial charge in [-0.05, 0) is 24.0 Å². The Morgan fingerprint density at radius 1 is 1.50 bits per heavy atom. The van der Waals surface area contributed by atoms with Gasteiger partial charge in [-0.1, -0.05) is 24.3 Å². The molecule has 1 aliphatic rings. The lowest BCUT2D eigenvalue weighted by atomic mass is 9.87. The van der Waals surface area contributed by atoms with Crippen molar-refractivity contribution in [1.82, 2.24) is 0 Å². The van der Waals surface area contributed by atoms with E-state index in [1.165, 1.54) is 0 Å². The first-order chi connectivity index (χ1) is 8.74. The number of carboxylic acid groups (broad SMARTS) is 1. The van der Waals surface area contributed by atoms with Gasteiger partial charge in [-0.25, -0.2) is 0 Å². The molecule has 1 N–H and O–H groups in total. The molecule has 1 fully saturated rings. The molecule has 1 aromatic rings. The van der Waals surface area contributed by atoms with Gasteiger partial charge in [-0.2, -0.15) is 0 Å². The summed E-state index contributed by atoms with van der Waals surface area (Å²) in [6.45, 7) is 1.10. The van der Waals surface area contributed by atoms with Gasteiger partial charge in [0.1, 0.15) is 0 Å². The first-order valence-corrected chi connectivity index (χ1v) is 6.15. The van der Waals surface area contributed by atoms with Crippen LogP contribution in [-0.4, -0.2) is 24.8 Å². The minimum Gasteiger partial charge on any atom is -0.481 e. The SMILES string of the molecule is COCc1ccccc1C1OCCCC1C(=O)O. The number of benzene rings is 1. The summed E-state index contributed by atoms with van der Waals surface area (Å²) in [6.07, 6.45) is 1.11. The normalized spacial score (nSPS) is 23.8. The van der Waals surface area contributed by atoms with Gasteiger partial charge in [0, 0.05) is 13.7 Å². The molecule has 0 bridgehead atoms. The Kier molecular flexibility index (Phi) is 4.33. The molecule has 4 nitrogen and oxygen atoms in total. The largest absolute Gasteiger partial charge is 0.481 e. The second kappa shape index (κ2) is 5.98. The predicted molar refractivity (Wildman–Crippen MR) is 66.2 cm³/mol. The number of carbonyl (C=O) groups is 1. The minimum absolute atomic E-state index is 0.359. The Hall–Kier alpha value is -1.39. The van der Waals surface area contributed by atoms with Gasteiger partial charge in [-0.15, -0.1) is 0 Å². The van der Waals surface area contributed by atoms with E-state index in [9.17, 15) is 9.90 Å². The van der Waals surface area contributed by atoms with Crippen LogP contribution in [0.1, 0.15) is 30.1 Å². The summed E-state index contributed by atoms with van der Waals surface area (Å²) < 4.78 is 10.8. The third kappa shape index (κ3) is 2.71. The summed E-state index contributed by atoms with van der Waals surface area (Å²) in [7, 11) is 1.63. The van der Waals surface area contributed by atoms with Crippen LogP contribution in [0.25, 0.3) is 0 Å². The van der Waals surface area contributed by atoms with Crippen LogP contribution in [-0.2, 0) is 20.9 Å². The second-order valence-corrected chi connectivity index (χ2v) is 4.51. The summed E-state index contributed by atoms with van der Waals surface area (Å²) in [5, 5.41) is 9.28. The van der Waals surface area contributed by atoms with E-state index in [2.05, 4.69) is 0 Å². The number of methoxy groups -OCH3 is 1. The van der Waals surface area contributed by atoms with E-state index >= 15 is 0 Å². The van der Waals surface area contributed by atoms with Crippen LogP contribution in [0.4, 0.5) is 0 Å². The summed E-state index contributed by atoms with van der Waals surface area (Å²) >= 11 is 0. The average Bonchev–Trinajstić information content (AvgIpc) is 2.40. The first-order valence-electron chi connectivity index (χ1n) is 6.15. The summed E-state index contributed by atoms with van der Waals surface area (Å²) in [6, 6.07) is 7.72. The van der Waals surface area contributed by atoms with Crippen molar-refractivity contribution in [3.05, 3.63) is 35.4 Å². The number of ether oxygens (including phenoxy) is 2. The third-order valence-electron chi connectivity index (χ3n) is 3.30. The van der Waals surface area contributed by atoms with E-state index in [0.717, 1.165) is 17.5 Å². The van der Waals surface area contributed by atoms with E-state index in [1.807, 2.05) is 24.3 Å². The van der Waals surface area contributed by atoms with E-state index < -0.39 is 11.9 Å². The molecule has 2 rings (SSSR count). The molecule has 0 aromatic heterocycles. The Balaban J connectivity index is 2.30. The van der Waals surface area contributed by atoms with Crippen LogP contribution in [0, 0.1) is 5.92 Å². The van der Waals surface area contributed by atoms with Crippen LogP contribution in [0.15, 0.2) is 24.3 Å². The van der Waals surface area contributed by atoms with Crippen LogP contribution >= 0.6 is 0 Å². The standard InChI is InChI=1S/C14H18O4/c1-17-9-10-5-2-3-6-11(10)13-12(14(15)16)7-4-8-18-13/h2-3,5-6,12-13H,4,7-9H2,1H3,(H,15,16). The number of hydrogen-bond acceptors (Lipinski definition) is 3. The Bertz CT molecular complexity index is 416. The van der Waals surface area contributed by atoms with Gasteiger partial charge in [-0.3, -0.25) is 4.79 Å². The minimum atomic E-state index is -0.785. The van der Waals surface area contributed by atoms with E-state index in [0.29, 0.717) is 19.6 Å². The molecule has 4 heteroatoms. The summed E-state index contributed by atoms with van der Waals surface area (Å²) in [5.74, 6) is -1.25. The quantitative estimate of drug-likeness (QED) is 0.891. The van der Waals surface area contributed by atoms with Crippen molar-refractivity contribution in [2.75, 3.05) is 13.7 Å². The number of hydrogen-bond donors (Lipinski definition) is 1. The topological polar surface area (TPSA) is 55.8 Å². The molecular formula is C14H18O4. The van der Waals surface area contributed by atoms with Gasteiger partial charge in [0.15, 0.2) is 0 Å². The lowest BCUT2D eigenvalue weighted by Gasteiger charge is -2.30. The highest BCUT2D eigenvalue weighted by molar-refractivity contribution is 5.71. The van der Waals surface area contributed by atoms with E-state index in [-0.39, 0.29) is 6.10 Å². The molecule has 1 aliphatic heterocycles. The number of carboxylic acids is 1. The Labute approximate surface area is 107 Å². The van der Waals surface area contributed by atoms with Gasteiger partial charge < -0.3 is 14.6 Å². The lowest BCUT2D eigenvalue weighted by Crippen LogP contribution is -2.29. The van der Waals surface area contributed by atoms with Crippen LogP contribution in [0.3, 0.4) is 0 Å². The molecule has 1 aromatic carbocycles. The molecule has 0 amide bonds. The van der Waals surface area contributed by atoms with Crippen molar-refractivity contribution in [2.45, 2.75) is 25.6 Å². The monoisotopic (exact) mass is 250 g/mol. The van der Waals surface area contributed by atoms with Gasteiger partial charge in [0.05, 0.1) is 18.6 Å². The molecule has 0 aliphatic carbocycles. The highest BCUT2D eigenvalue weighted by Crippen LogP contribution is 2.35. The molecule has 0 radical (unpaired) electrons. The molecule has 1 heterocycles. The maximum absolute atomic E-state index is 11.3. The molecule has 0 spiro atoms. The van der Waals surface area contributed by atoms with Gasteiger partial charge >= 0.3 is 5.97 Å². The van der Waals surface area contributed by atoms with Crippen molar-refractivity contribution in [3.8, 4) is 0 Å². The summed E-state index contributed by atoms with van der Waals surface area (Å²) in [5.41, 5.74) is 1.93. The van der Waals surface area contributed by atoms with Gasteiger partial charge in [0.25, 0.3) is 0 Å². The lowest BCUT2D eigenvalue weighted by molar-refractivity contribution is -0.152. The fraction of sp³-hybridized carbons (Fsp3) is 0.500. The molecule has 98 valence electrons. The van der Waals surface area contributed by atoms with Crippen molar-refractivity contribution < 1.29 is 19.4 Å². The average molecular weight is 250 g/mol. The summed E-state index contributed by atoms with van der Waals surface area (Å²) in [4.78, 5) is 11.3. The van der Waals surface area contributed by atoms with Crippen molar-refractivity contribution in [1.29, 1.82) is 0 Å². The number of rotatable bonds is 4. The molecular weight excluding hydrogens is 232 g/mol. The highest BCUT2D eigenvalue weighted by atomic mass is 16.5. The Morgan fingerprint density at radius 2 is 2.28 bits per heavy atom. The van der Waals surface area contributed by atoms with Gasteiger partial charge in [0.2, 0.25) is 0 Å². The van der Waals surface area contributed by atoms with E-state index in [1.54, 1.807) is 7.11 Å². The zero-order chi connectivity index (χ0) is 13.0. The second-order valence-electron chi connectivity index (χ2n) is 4.51. The first kappa shape index (κ1) is 13.1. The maximum Gasteiger partial charge on any atom is 0.309 e. The van der Waals surface area contributed by atoms with E-state index in [4.69, 9.17) is 9.47 Å². The molecule has 0 saturated carbocycles. The molecule has 1 saturated heterocycles. The van der Waals surface area contributed by atoms with Crippen molar-refractivity contribution >= 4 is 5.97 Å². The predicted octanol–water partition coefficient (Wildman–Crippen LogP) is 2.39. The highest BCUT2D eigenvalue weighted by Gasteiger charge is 2.33. The van der Waals surface area contributed by atoms with Crippen LogP contribution < -0.4 is 0 Å². The third-order valence-corrected chi connectivity index (χ3v) is 3.30. The maximum atomic E-state index is 11.3. The Morgan fingerprint density at radius 3 is 3.00 bits per heavy atom. The molecule has 18 heavy (non-hydrogen) atoms. The molecule has 2 atom stereocenters. The van der Waals surface area contributed by atoms with Crippen molar-refractivity contribution in [2.24, 2.45) is 5.92 Å². The zero-order valence-electron chi connectivity index (χ0n) is 10.5. The fourth-order valence-electron chi connectivity index (χ4n) is 2.44. The zero-order valence-corrected chi connectivity index (χ0v) is 10.5.